The molecule has 0 bridgehead atoms. The molecule has 0 aromatic heterocycles. The lowest BCUT2D eigenvalue weighted by Crippen LogP contribution is -2.09. The SMILES string of the molecule is CCOc1ccccc1OC(=O)c1cccc(F)c1. The fourth-order valence-corrected chi connectivity index (χ4v) is 1.58. The van der Waals surface area contributed by atoms with Crippen LogP contribution in [0.25, 0.3) is 0 Å². The van der Waals surface area contributed by atoms with Crippen LogP contribution in [0.5, 0.6) is 11.5 Å². The largest absolute Gasteiger partial charge is 0.490 e. The van der Waals surface area contributed by atoms with Crippen LogP contribution >= 0.6 is 0 Å². The number of rotatable bonds is 4. The summed E-state index contributed by atoms with van der Waals surface area (Å²) in [6.45, 7) is 2.31. The molecule has 0 heterocycles. The Labute approximate surface area is 110 Å². The Bertz CT molecular complexity index is 581. The maximum atomic E-state index is 13.0. The second-order valence-corrected chi connectivity index (χ2v) is 3.78. The van der Waals surface area contributed by atoms with E-state index in [1.165, 1.54) is 18.2 Å². The smallest absolute Gasteiger partial charge is 0.343 e. The number of hydrogen-bond donors (Lipinski definition) is 0. The third-order valence-corrected chi connectivity index (χ3v) is 2.41. The second kappa shape index (κ2) is 6.00. The normalized spacial score (nSPS) is 10.0. The molecule has 0 atom stereocenters. The van der Waals surface area contributed by atoms with Gasteiger partial charge in [-0.3, -0.25) is 0 Å². The molecular weight excluding hydrogens is 247 g/mol. The van der Waals surface area contributed by atoms with Gasteiger partial charge in [0.1, 0.15) is 5.82 Å². The van der Waals surface area contributed by atoms with Crippen LogP contribution in [0.4, 0.5) is 4.39 Å². The number of hydrogen-bond acceptors (Lipinski definition) is 3. The molecule has 0 N–H and O–H groups in total. The standard InChI is InChI=1S/C15H13FO3/c1-2-18-13-8-3-4-9-14(13)19-15(17)11-6-5-7-12(16)10-11/h3-10H,2H2,1H3. The zero-order chi connectivity index (χ0) is 13.7. The van der Waals surface area contributed by atoms with Crippen LogP contribution in [0.1, 0.15) is 17.3 Å². The van der Waals surface area contributed by atoms with Gasteiger partial charge in [0.05, 0.1) is 12.2 Å². The Morgan fingerprint density at radius 1 is 1.11 bits per heavy atom. The zero-order valence-electron chi connectivity index (χ0n) is 10.4. The number of benzene rings is 2. The predicted octanol–water partition coefficient (Wildman–Crippen LogP) is 3.44. The van der Waals surface area contributed by atoms with E-state index in [2.05, 4.69) is 0 Å². The molecule has 0 aliphatic carbocycles. The summed E-state index contributed by atoms with van der Waals surface area (Å²) in [6.07, 6.45) is 0. The summed E-state index contributed by atoms with van der Waals surface area (Å²) in [6, 6.07) is 12.2. The molecule has 0 aliphatic heterocycles. The van der Waals surface area contributed by atoms with Gasteiger partial charge in [0.25, 0.3) is 0 Å². The van der Waals surface area contributed by atoms with Crippen molar-refractivity contribution in [2.75, 3.05) is 6.61 Å². The average molecular weight is 260 g/mol. The van der Waals surface area contributed by atoms with E-state index in [4.69, 9.17) is 9.47 Å². The Hall–Kier alpha value is -2.36. The summed E-state index contributed by atoms with van der Waals surface area (Å²) >= 11 is 0. The van der Waals surface area contributed by atoms with Crippen LogP contribution in [0.3, 0.4) is 0 Å². The van der Waals surface area contributed by atoms with Crippen LogP contribution in [0.2, 0.25) is 0 Å². The lowest BCUT2D eigenvalue weighted by molar-refractivity contribution is 0.0728. The van der Waals surface area contributed by atoms with Gasteiger partial charge in [0.2, 0.25) is 0 Å². The Balaban J connectivity index is 2.19. The van der Waals surface area contributed by atoms with Gasteiger partial charge >= 0.3 is 5.97 Å². The highest BCUT2D eigenvalue weighted by Crippen LogP contribution is 2.27. The first kappa shape index (κ1) is 13.1. The Morgan fingerprint density at radius 3 is 2.53 bits per heavy atom. The maximum absolute atomic E-state index is 13.0. The molecule has 3 nitrogen and oxygen atoms in total. The van der Waals surface area contributed by atoms with Gasteiger partial charge in [0.15, 0.2) is 11.5 Å². The summed E-state index contributed by atoms with van der Waals surface area (Å²) in [5.74, 6) is -0.299. The quantitative estimate of drug-likeness (QED) is 0.624. The van der Waals surface area contributed by atoms with Crippen LogP contribution in [-0.2, 0) is 0 Å². The monoisotopic (exact) mass is 260 g/mol. The number of ether oxygens (including phenoxy) is 2. The van der Waals surface area contributed by atoms with Crippen molar-refractivity contribution in [3.05, 3.63) is 59.9 Å². The molecule has 2 aromatic carbocycles. The Kier molecular flexibility index (Phi) is 4.13. The van der Waals surface area contributed by atoms with Gasteiger partial charge in [-0.25, -0.2) is 9.18 Å². The minimum absolute atomic E-state index is 0.159. The predicted molar refractivity (Wildman–Crippen MR) is 69.0 cm³/mol. The molecule has 0 fully saturated rings. The minimum atomic E-state index is -0.619. The molecule has 19 heavy (non-hydrogen) atoms. The van der Waals surface area contributed by atoms with Crippen molar-refractivity contribution in [2.45, 2.75) is 6.92 Å². The van der Waals surface area contributed by atoms with E-state index in [0.717, 1.165) is 6.07 Å². The number of halogens is 1. The summed E-state index contributed by atoms with van der Waals surface area (Å²) in [5, 5.41) is 0. The van der Waals surface area contributed by atoms with E-state index in [9.17, 15) is 9.18 Å². The van der Waals surface area contributed by atoms with E-state index in [1.54, 1.807) is 24.3 Å². The first-order valence-corrected chi connectivity index (χ1v) is 5.90. The topological polar surface area (TPSA) is 35.5 Å². The van der Waals surface area contributed by atoms with Crippen LogP contribution in [0, 0.1) is 5.82 Å². The number of carbonyl (C=O) groups excluding carboxylic acids is 1. The second-order valence-electron chi connectivity index (χ2n) is 3.78. The molecule has 0 saturated carbocycles. The molecule has 0 spiro atoms. The number of esters is 1. The highest BCUT2D eigenvalue weighted by atomic mass is 19.1. The van der Waals surface area contributed by atoms with Crippen molar-refractivity contribution in [3.63, 3.8) is 0 Å². The Morgan fingerprint density at radius 2 is 1.84 bits per heavy atom. The van der Waals surface area contributed by atoms with Crippen molar-refractivity contribution in [2.24, 2.45) is 0 Å². The van der Waals surface area contributed by atoms with E-state index in [1.807, 2.05) is 6.92 Å². The lowest BCUT2D eigenvalue weighted by atomic mass is 10.2. The molecule has 0 unspecified atom stereocenters. The molecule has 0 aliphatic rings. The van der Waals surface area contributed by atoms with Crippen LogP contribution in [-0.4, -0.2) is 12.6 Å². The molecule has 98 valence electrons. The lowest BCUT2D eigenvalue weighted by Gasteiger charge is -2.10. The molecular formula is C15H13FO3. The average Bonchev–Trinajstić information content (AvgIpc) is 2.41. The molecule has 0 saturated heterocycles. The maximum Gasteiger partial charge on any atom is 0.343 e. The highest BCUT2D eigenvalue weighted by Gasteiger charge is 2.12. The van der Waals surface area contributed by atoms with Crippen molar-refractivity contribution in [1.82, 2.24) is 0 Å². The fraction of sp³-hybridized carbons (Fsp3) is 0.133. The van der Waals surface area contributed by atoms with Gasteiger partial charge in [-0.2, -0.15) is 0 Å². The third-order valence-electron chi connectivity index (χ3n) is 2.41. The highest BCUT2D eigenvalue weighted by molar-refractivity contribution is 5.91. The molecule has 2 aromatic rings. The van der Waals surface area contributed by atoms with Gasteiger partial charge < -0.3 is 9.47 Å². The van der Waals surface area contributed by atoms with Crippen molar-refractivity contribution in [3.8, 4) is 11.5 Å². The van der Waals surface area contributed by atoms with Gasteiger partial charge in [-0.15, -0.1) is 0 Å². The van der Waals surface area contributed by atoms with E-state index in [-0.39, 0.29) is 5.56 Å². The van der Waals surface area contributed by atoms with Crippen LogP contribution in [0.15, 0.2) is 48.5 Å². The van der Waals surface area contributed by atoms with Crippen LogP contribution < -0.4 is 9.47 Å². The van der Waals surface area contributed by atoms with Gasteiger partial charge in [-0.05, 0) is 37.3 Å². The number of carbonyl (C=O) groups is 1. The third kappa shape index (κ3) is 3.31. The first-order valence-electron chi connectivity index (χ1n) is 5.90. The van der Waals surface area contributed by atoms with E-state index >= 15 is 0 Å². The summed E-state index contributed by atoms with van der Waals surface area (Å²) in [4.78, 5) is 11.9. The fourth-order valence-electron chi connectivity index (χ4n) is 1.58. The van der Waals surface area contributed by atoms with Crippen molar-refractivity contribution < 1.29 is 18.7 Å². The van der Waals surface area contributed by atoms with Gasteiger partial charge in [-0.1, -0.05) is 18.2 Å². The zero-order valence-corrected chi connectivity index (χ0v) is 10.4. The summed E-state index contributed by atoms with van der Waals surface area (Å²) in [5.41, 5.74) is 0.159. The summed E-state index contributed by atoms with van der Waals surface area (Å²) < 4.78 is 23.6. The molecule has 4 heteroatoms. The van der Waals surface area contributed by atoms with Gasteiger partial charge in [0, 0.05) is 0 Å². The molecule has 0 radical (unpaired) electrons. The van der Waals surface area contributed by atoms with E-state index in [0.29, 0.717) is 18.1 Å². The van der Waals surface area contributed by atoms with E-state index < -0.39 is 11.8 Å². The molecule has 2 rings (SSSR count). The minimum Gasteiger partial charge on any atom is -0.490 e. The molecule has 0 amide bonds. The van der Waals surface area contributed by atoms with Crippen molar-refractivity contribution >= 4 is 5.97 Å². The number of para-hydroxylation sites is 2. The first-order chi connectivity index (χ1) is 9.20. The summed E-state index contributed by atoms with van der Waals surface area (Å²) in [7, 11) is 0. The van der Waals surface area contributed by atoms with Crippen molar-refractivity contribution in [1.29, 1.82) is 0 Å².